The molecule has 17 valence electrons. The van der Waals surface area contributed by atoms with E-state index in [9.17, 15) is 0 Å². The van der Waals surface area contributed by atoms with E-state index in [-0.39, 0.29) is 0 Å². The Morgan fingerprint density at radius 2 is 2.25 bits per heavy atom. The second-order valence-corrected chi connectivity index (χ2v) is 1.15. The van der Waals surface area contributed by atoms with Gasteiger partial charge in [-0.25, -0.2) is 0 Å². The second-order valence-electron chi connectivity index (χ2n) is 0.249. The molecule has 3 heteroatoms. The summed E-state index contributed by atoms with van der Waals surface area (Å²) in [5.41, 5.74) is 0. The molecule has 0 rings (SSSR count). The summed E-state index contributed by atoms with van der Waals surface area (Å²) in [6.45, 7) is 0. The molecule has 0 aromatic rings. The van der Waals surface area contributed by atoms with E-state index in [0.29, 0.717) is 26.1 Å². The topological polar surface area (TPSA) is 29.4 Å². The van der Waals surface area contributed by atoms with Gasteiger partial charge in [-0.3, -0.25) is 0 Å². The molecule has 0 atom stereocenters. The van der Waals surface area contributed by atoms with Gasteiger partial charge in [0.05, 0.1) is 0 Å². The van der Waals surface area contributed by atoms with Gasteiger partial charge in [-0.2, -0.15) is 0 Å². The first-order valence-electron chi connectivity index (χ1n) is 0.744. The van der Waals surface area contributed by atoms with Gasteiger partial charge in [-0.1, -0.05) is 0 Å². The van der Waals surface area contributed by atoms with Gasteiger partial charge < -0.3 is 0 Å². The van der Waals surface area contributed by atoms with Crippen molar-refractivity contribution in [3.05, 3.63) is 0 Å². The van der Waals surface area contributed by atoms with Crippen molar-refractivity contribution in [3.8, 4) is 0 Å². The van der Waals surface area contributed by atoms with Crippen LogP contribution < -0.4 is 0 Å². The molecule has 0 aliphatic carbocycles. The zero-order valence-corrected chi connectivity index (χ0v) is 6.10. The number of carbonyl (C=O) groups excluding carboxylic acids is 1. The van der Waals surface area contributed by atoms with Crippen molar-refractivity contribution in [2.24, 2.45) is 2.80 Å². The van der Waals surface area contributed by atoms with Crippen LogP contribution in [0.25, 0.3) is 0 Å². The molecule has 0 aliphatic rings. The Hall–Kier alpha value is 0.302. The number of nitrogens with zero attached hydrogens (tertiary/aromatic N) is 1. The average Bonchev–Trinajstić information content (AvgIpc) is 1.37. The van der Waals surface area contributed by atoms with E-state index < -0.39 is 0 Å². The van der Waals surface area contributed by atoms with E-state index >= 15 is 0 Å². The first-order valence-corrected chi connectivity index (χ1v) is 2.55. The minimum absolute atomic E-state index is 0.414. The van der Waals surface area contributed by atoms with Crippen LogP contribution in [0.2, 0.25) is 0 Å². The van der Waals surface area contributed by atoms with Crippen molar-refractivity contribution in [1.82, 2.24) is 0 Å². The minimum atomic E-state index is 0.414. The SMILES string of the molecule is O=C=[N][Cd]. The molecule has 0 aromatic heterocycles. The van der Waals surface area contributed by atoms with Crippen LogP contribution in [0.1, 0.15) is 0 Å². The fourth-order valence-electron chi connectivity index (χ4n) is 0. The van der Waals surface area contributed by atoms with Gasteiger partial charge >= 0.3 is 39.7 Å². The summed E-state index contributed by atoms with van der Waals surface area (Å²) in [6, 6.07) is 0. The summed E-state index contributed by atoms with van der Waals surface area (Å²) in [5.74, 6) is 0. The fraction of sp³-hybridized carbons (Fsp3) is 0. The van der Waals surface area contributed by atoms with Gasteiger partial charge in [0.1, 0.15) is 0 Å². The number of hydrogen-bond acceptors (Lipinski definition) is 2. The van der Waals surface area contributed by atoms with Crippen LogP contribution in [0.5, 0.6) is 0 Å². The Morgan fingerprint density at radius 3 is 2.25 bits per heavy atom. The molecule has 0 radical (unpaired) electrons. The van der Waals surface area contributed by atoms with Crippen LogP contribution in [0.3, 0.4) is 0 Å². The van der Waals surface area contributed by atoms with Crippen molar-refractivity contribution in [3.63, 3.8) is 0 Å². The monoisotopic (exact) mass is 156 g/mol. The first kappa shape index (κ1) is 4.30. The summed E-state index contributed by atoms with van der Waals surface area (Å²) in [7, 11) is 0. The summed E-state index contributed by atoms with van der Waals surface area (Å²) < 4.78 is 3.10. The zero-order valence-electron chi connectivity index (χ0n) is 2.06. The molecule has 0 fully saturated rings. The van der Waals surface area contributed by atoms with Gasteiger partial charge in [-0.15, -0.1) is 0 Å². The number of hydrogen-bond donors (Lipinski definition) is 0. The molecule has 0 heterocycles. The summed E-state index contributed by atoms with van der Waals surface area (Å²) >= 11 is 0.414. The summed E-state index contributed by atoms with van der Waals surface area (Å²) in [5, 5.41) is 0. The molecule has 0 aromatic carbocycles. The summed E-state index contributed by atoms with van der Waals surface area (Å²) in [6.07, 6.45) is 1.38. The van der Waals surface area contributed by atoms with Crippen molar-refractivity contribution in [1.29, 1.82) is 0 Å². The molecule has 2 nitrogen and oxygen atoms in total. The average molecular weight is 154 g/mol. The van der Waals surface area contributed by atoms with E-state index in [1.54, 1.807) is 0 Å². The molecule has 0 amide bonds. The third-order valence-electron chi connectivity index (χ3n) is 0.0645. The third-order valence-corrected chi connectivity index (χ3v) is 0.433. The van der Waals surface area contributed by atoms with Crippen LogP contribution in [0, 0.1) is 0 Å². The van der Waals surface area contributed by atoms with E-state index in [1.165, 1.54) is 6.08 Å². The molecular weight excluding hydrogens is 154 g/mol. The molecule has 0 saturated heterocycles. The van der Waals surface area contributed by atoms with Crippen LogP contribution in [-0.2, 0) is 30.9 Å². The van der Waals surface area contributed by atoms with Crippen molar-refractivity contribution in [2.45, 2.75) is 0 Å². The standard InChI is InChI=1S/CNO.Cd/c2-1-3;/q-1;+1. The number of rotatable bonds is 0. The predicted octanol–water partition coefficient (Wildman–Crippen LogP) is -0.216. The maximum absolute atomic E-state index is 8.92. The molecule has 0 aliphatic heterocycles. The van der Waals surface area contributed by atoms with Crippen LogP contribution in [0.4, 0.5) is 0 Å². The molecule has 4 heavy (non-hydrogen) atoms. The van der Waals surface area contributed by atoms with Gasteiger partial charge in [0, 0.05) is 0 Å². The van der Waals surface area contributed by atoms with Crippen LogP contribution in [-0.4, -0.2) is 6.08 Å². The molecule has 0 unspecified atom stereocenters. The molecular formula is CCdNO. The van der Waals surface area contributed by atoms with E-state index in [4.69, 9.17) is 4.79 Å². The van der Waals surface area contributed by atoms with Gasteiger partial charge in [0.25, 0.3) is 0 Å². The number of isocyanates is 1. The normalized spacial score (nSPS) is 4.50. The molecule has 0 bridgehead atoms. The van der Waals surface area contributed by atoms with Crippen molar-refractivity contribution < 1.29 is 30.9 Å². The van der Waals surface area contributed by atoms with E-state index in [1.807, 2.05) is 0 Å². The molecule has 0 spiro atoms. The van der Waals surface area contributed by atoms with E-state index in [2.05, 4.69) is 2.80 Å². The Balaban J connectivity index is 3.11. The molecule has 0 N–H and O–H groups in total. The second kappa shape index (κ2) is 3.30. The van der Waals surface area contributed by atoms with Gasteiger partial charge in [0.2, 0.25) is 0 Å². The van der Waals surface area contributed by atoms with Crippen molar-refractivity contribution in [2.75, 3.05) is 0 Å². The Morgan fingerprint density at radius 1 is 2.00 bits per heavy atom. The Kier molecular flexibility index (Phi) is 3.55. The Labute approximate surface area is 40.0 Å². The van der Waals surface area contributed by atoms with Gasteiger partial charge in [0.15, 0.2) is 0 Å². The Bertz CT molecular complexity index is 46.0. The van der Waals surface area contributed by atoms with Crippen molar-refractivity contribution >= 4 is 6.08 Å². The fourth-order valence-corrected chi connectivity index (χ4v) is 0. The van der Waals surface area contributed by atoms with Crippen LogP contribution >= 0.6 is 0 Å². The predicted molar refractivity (Wildman–Crippen MR) is 8.12 cm³/mol. The van der Waals surface area contributed by atoms with E-state index in [0.717, 1.165) is 0 Å². The molecule has 0 saturated carbocycles. The summed E-state index contributed by atoms with van der Waals surface area (Å²) in [4.78, 5) is 8.92. The zero-order chi connectivity index (χ0) is 3.41. The quantitative estimate of drug-likeness (QED) is 0.270. The van der Waals surface area contributed by atoms with Crippen LogP contribution in [0.15, 0.2) is 2.80 Å². The van der Waals surface area contributed by atoms with Gasteiger partial charge in [-0.05, 0) is 0 Å². The maximum atomic E-state index is 8.92. The first-order chi connectivity index (χ1) is 1.91. The third kappa shape index (κ3) is 2.30.